The Bertz CT molecular complexity index is 679. The topological polar surface area (TPSA) is 38.2 Å². The van der Waals surface area contributed by atoms with Gasteiger partial charge in [0.25, 0.3) is 0 Å². The van der Waals surface area contributed by atoms with Crippen LogP contribution >= 0.6 is 0 Å². The van der Waals surface area contributed by atoms with E-state index in [1.54, 1.807) is 12.3 Å². The SMILES string of the molecule is FC(F)(F)COc1cccc(C2CCN(CCc3[c]nccc3)C2)n1. The Labute approximate surface area is 144 Å². The third kappa shape index (κ3) is 5.42. The molecule has 25 heavy (non-hydrogen) atoms. The first-order valence-electron chi connectivity index (χ1n) is 8.20. The first-order valence-corrected chi connectivity index (χ1v) is 8.20. The van der Waals surface area contributed by atoms with Crippen LogP contribution in [0.4, 0.5) is 13.2 Å². The summed E-state index contributed by atoms with van der Waals surface area (Å²) in [5.74, 6) is 0.241. The van der Waals surface area contributed by atoms with Gasteiger partial charge < -0.3 is 9.64 Å². The van der Waals surface area contributed by atoms with Gasteiger partial charge in [0, 0.05) is 37.0 Å². The van der Waals surface area contributed by atoms with Gasteiger partial charge in [-0.25, -0.2) is 4.98 Å². The highest BCUT2D eigenvalue weighted by Gasteiger charge is 2.29. The number of rotatable bonds is 6. The molecule has 0 N–H and O–H groups in total. The largest absolute Gasteiger partial charge is 0.468 e. The van der Waals surface area contributed by atoms with E-state index in [-0.39, 0.29) is 11.8 Å². The number of ether oxygens (including phenoxy) is 1. The van der Waals surface area contributed by atoms with Gasteiger partial charge in [-0.05, 0) is 37.1 Å². The predicted molar refractivity (Wildman–Crippen MR) is 86.4 cm³/mol. The van der Waals surface area contributed by atoms with Crippen LogP contribution in [0.15, 0.2) is 36.5 Å². The maximum absolute atomic E-state index is 12.3. The van der Waals surface area contributed by atoms with E-state index in [0.717, 1.165) is 43.7 Å². The zero-order valence-corrected chi connectivity index (χ0v) is 13.7. The van der Waals surface area contributed by atoms with Crippen molar-refractivity contribution in [2.75, 3.05) is 26.2 Å². The molecule has 0 aliphatic carbocycles. The number of nitrogens with zero attached hydrogens (tertiary/aromatic N) is 3. The summed E-state index contributed by atoms with van der Waals surface area (Å²) in [7, 11) is 0. The summed E-state index contributed by atoms with van der Waals surface area (Å²) in [6.45, 7) is 1.38. The smallest absolute Gasteiger partial charge is 0.422 e. The van der Waals surface area contributed by atoms with Crippen LogP contribution in [0.1, 0.15) is 23.6 Å². The van der Waals surface area contributed by atoms with Gasteiger partial charge in [0.15, 0.2) is 6.61 Å². The molecule has 1 atom stereocenters. The number of likely N-dealkylation sites (tertiary alicyclic amines) is 1. The summed E-state index contributed by atoms with van der Waals surface area (Å²) in [6.07, 6.45) is 2.13. The van der Waals surface area contributed by atoms with Crippen LogP contribution in [-0.2, 0) is 6.42 Å². The lowest BCUT2D eigenvalue weighted by molar-refractivity contribution is -0.154. The van der Waals surface area contributed by atoms with E-state index in [1.165, 1.54) is 6.07 Å². The lowest BCUT2D eigenvalue weighted by atomic mass is 10.0. The summed E-state index contributed by atoms with van der Waals surface area (Å²) in [4.78, 5) is 10.6. The second-order valence-electron chi connectivity index (χ2n) is 6.12. The minimum Gasteiger partial charge on any atom is -0.468 e. The predicted octanol–water partition coefficient (Wildman–Crippen LogP) is 3.25. The number of hydrogen-bond donors (Lipinski definition) is 0. The van der Waals surface area contributed by atoms with E-state index in [0.29, 0.717) is 0 Å². The molecule has 2 aromatic rings. The van der Waals surface area contributed by atoms with Crippen molar-refractivity contribution in [3.05, 3.63) is 54.0 Å². The van der Waals surface area contributed by atoms with Crippen molar-refractivity contribution < 1.29 is 17.9 Å². The Morgan fingerprint density at radius 1 is 1.24 bits per heavy atom. The summed E-state index contributed by atoms with van der Waals surface area (Å²) in [5.41, 5.74) is 1.86. The second kappa shape index (κ2) is 7.82. The normalized spacial score (nSPS) is 18.4. The molecular weight excluding hydrogens is 331 g/mol. The fourth-order valence-corrected chi connectivity index (χ4v) is 2.95. The highest BCUT2D eigenvalue weighted by Crippen LogP contribution is 2.27. The Morgan fingerprint density at radius 3 is 2.88 bits per heavy atom. The van der Waals surface area contributed by atoms with Crippen molar-refractivity contribution in [2.24, 2.45) is 0 Å². The highest BCUT2D eigenvalue weighted by molar-refractivity contribution is 5.20. The zero-order chi connectivity index (χ0) is 17.7. The molecule has 3 heterocycles. The van der Waals surface area contributed by atoms with Crippen molar-refractivity contribution in [1.82, 2.24) is 14.9 Å². The minimum atomic E-state index is -4.36. The molecule has 0 bridgehead atoms. The molecule has 4 nitrogen and oxygen atoms in total. The Balaban J connectivity index is 1.53. The highest BCUT2D eigenvalue weighted by atomic mass is 19.4. The monoisotopic (exact) mass is 350 g/mol. The summed E-state index contributed by atoms with van der Waals surface area (Å²) < 4.78 is 41.5. The quantitative estimate of drug-likeness (QED) is 0.802. The zero-order valence-electron chi connectivity index (χ0n) is 13.7. The molecule has 0 spiro atoms. The van der Waals surface area contributed by atoms with Gasteiger partial charge >= 0.3 is 6.18 Å². The lowest BCUT2D eigenvalue weighted by Gasteiger charge is -2.16. The maximum Gasteiger partial charge on any atom is 0.422 e. The molecule has 0 saturated carbocycles. The fraction of sp³-hybridized carbons (Fsp3) is 0.444. The number of alkyl halides is 3. The van der Waals surface area contributed by atoms with Crippen molar-refractivity contribution in [2.45, 2.75) is 24.9 Å². The third-order valence-electron chi connectivity index (χ3n) is 4.18. The van der Waals surface area contributed by atoms with Crippen LogP contribution in [0.25, 0.3) is 0 Å². The number of hydrogen-bond acceptors (Lipinski definition) is 4. The van der Waals surface area contributed by atoms with E-state index < -0.39 is 12.8 Å². The molecule has 2 aromatic heterocycles. The van der Waals surface area contributed by atoms with Gasteiger partial charge in [0.05, 0.1) is 6.20 Å². The van der Waals surface area contributed by atoms with Crippen LogP contribution in [0.5, 0.6) is 5.88 Å². The lowest BCUT2D eigenvalue weighted by Crippen LogP contribution is -2.23. The summed E-state index contributed by atoms with van der Waals surface area (Å²) >= 11 is 0. The molecule has 1 unspecified atom stereocenters. The molecular formula is C18H19F3N3O. The minimum absolute atomic E-state index is 0.0261. The standard InChI is InChI=1S/C18H19F3N3O/c19-18(20,21)13-25-17-5-1-4-16(23-17)15-7-10-24(12-15)9-6-14-3-2-8-22-11-14/h1-5,8,15H,6-7,9-10,12-13H2. The molecule has 7 heteroatoms. The van der Waals surface area contributed by atoms with Crippen LogP contribution in [0, 0.1) is 6.20 Å². The first kappa shape index (κ1) is 17.7. The number of pyridine rings is 2. The molecule has 1 saturated heterocycles. The van der Waals surface area contributed by atoms with E-state index in [4.69, 9.17) is 4.74 Å². The Morgan fingerprint density at radius 2 is 2.12 bits per heavy atom. The van der Waals surface area contributed by atoms with E-state index >= 15 is 0 Å². The average Bonchev–Trinajstić information content (AvgIpc) is 3.08. The molecule has 133 valence electrons. The van der Waals surface area contributed by atoms with Crippen molar-refractivity contribution in [3.8, 4) is 5.88 Å². The van der Waals surface area contributed by atoms with E-state index in [1.807, 2.05) is 18.2 Å². The Hall–Kier alpha value is -2.15. The van der Waals surface area contributed by atoms with E-state index in [9.17, 15) is 13.2 Å². The molecule has 0 aromatic carbocycles. The first-order chi connectivity index (χ1) is 12.0. The summed E-state index contributed by atoms with van der Waals surface area (Å²) in [5, 5.41) is 0. The van der Waals surface area contributed by atoms with Gasteiger partial charge in [-0.2, -0.15) is 13.2 Å². The third-order valence-corrected chi connectivity index (χ3v) is 4.18. The number of halogens is 3. The molecule has 3 rings (SSSR count). The second-order valence-corrected chi connectivity index (χ2v) is 6.12. The van der Waals surface area contributed by atoms with E-state index in [2.05, 4.69) is 21.1 Å². The van der Waals surface area contributed by atoms with Crippen molar-refractivity contribution in [3.63, 3.8) is 0 Å². The maximum atomic E-state index is 12.3. The van der Waals surface area contributed by atoms with Crippen LogP contribution in [0.2, 0.25) is 0 Å². The van der Waals surface area contributed by atoms with Gasteiger partial charge in [-0.15, -0.1) is 0 Å². The fourth-order valence-electron chi connectivity index (χ4n) is 2.95. The number of aromatic nitrogens is 2. The van der Waals surface area contributed by atoms with Gasteiger partial charge in [0.2, 0.25) is 5.88 Å². The molecule has 1 radical (unpaired) electrons. The van der Waals surface area contributed by atoms with Crippen LogP contribution in [-0.4, -0.2) is 47.3 Å². The molecule has 1 fully saturated rings. The Kier molecular flexibility index (Phi) is 5.53. The van der Waals surface area contributed by atoms with Crippen LogP contribution < -0.4 is 4.74 Å². The molecule has 1 aliphatic heterocycles. The molecule has 1 aliphatic rings. The molecule has 0 amide bonds. The van der Waals surface area contributed by atoms with Crippen LogP contribution in [0.3, 0.4) is 0 Å². The summed E-state index contributed by atoms with van der Waals surface area (Å²) in [6, 6.07) is 8.91. The van der Waals surface area contributed by atoms with Gasteiger partial charge in [-0.3, -0.25) is 4.98 Å². The van der Waals surface area contributed by atoms with Gasteiger partial charge in [-0.1, -0.05) is 12.1 Å². The van der Waals surface area contributed by atoms with Crippen molar-refractivity contribution >= 4 is 0 Å². The van der Waals surface area contributed by atoms with Crippen molar-refractivity contribution in [1.29, 1.82) is 0 Å². The van der Waals surface area contributed by atoms with Gasteiger partial charge in [0.1, 0.15) is 0 Å². The average molecular weight is 350 g/mol.